The molecule has 0 amide bonds. The number of phenols is 2. The fourth-order valence-corrected chi connectivity index (χ4v) is 0.919. The van der Waals surface area contributed by atoms with Gasteiger partial charge in [0.05, 0.1) is 0 Å². The Morgan fingerprint density at radius 3 is 1.31 bits per heavy atom. The first-order valence-corrected chi connectivity index (χ1v) is 4.46. The summed E-state index contributed by atoms with van der Waals surface area (Å²) in [6.07, 6.45) is 0. The maximum Gasteiger partial charge on any atom is 0.339 e. The van der Waals surface area contributed by atoms with Gasteiger partial charge in [0.25, 0.3) is 0 Å². The Balaban J connectivity index is 0.00000106. The Morgan fingerprint density at radius 1 is 0.875 bits per heavy atom. The maximum atomic E-state index is 10.4. The first kappa shape index (κ1) is 13.8. The standard InChI is InChI=1S/C8H6O6.C2H6/c9-5-1-3(7(11)12)6(10)2-4(5)8(13)14;1-2/h1-2,9-10H,(H,11,12)(H,13,14);1-2H3. The second-order valence-electron chi connectivity index (χ2n) is 2.50. The van der Waals surface area contributed by atoms with Gasteiger partial charge in [0.1, 0.15) is 22.6 Å². The SMILES string of the molecule is CC.O=C(O)c1cc(O)c(C(=O)O)cc1O. The number of aromatic hydroxyl groups is 2. The highest BCUT2D eigenvalue weighted by molar-refractivity contribution is 5.96. The van der Waals surface area contributed by atoms with Crippen molar-refractivity contribution >= 4 is 11.9 Å². The largest absolute Gasteiger partial charge is 0.507 e. The van der Waals surface area contributed by atoms with Crippen molar-refractivity contribution in [2.24, 2.45) is 0 Å². The summed E-state index contributed by atoms with van der Waals surface area (Å²) in [5.74, 6) is -4.30. The van der Waals surface area contributed by atoms with Gasteiger partial charge in [0.2, 0.25) is 0 Å². The van der Waals surface area contributed by atoms with Crippen LogP contribution < -0.4 is 0 Å². The van der Waals surface area contributed by atoms with E-state index in [4.69, 9.17) is 20.4 Å². The molecule has 16 heavy (non-hydrogen) atoms. The molecule has 1 aromatic rings. The van der Waals surface area contributed by atoms with E-state index in [1.165, 1.54) is 0 Å². The van der Waals surface area contributed by atoms with Gasteiger partial charge < -0.3 is 20.4 Å². The van der Waals surface area contributed by atoms with Gasteiger partial charge in [-0.2, -0.15) is 0 Å². The minimum absolute atomic E-state index is 0.549. The highest BCUT2D eigenvalue weighted by Gasteiger charge is 2.17. The molecule has 1 rings (SSSR count). The summed E-state index contributed by atoms with van der Waals surface area (Å²) >= 11 is 0. The van der Waals surface area contributed by atoms with Crippen LogP contribution in [0.25, 0.3) is 0 Å². The summed E-state index contributed by atoms with van der Waals surface area (Å²) in [5.41, 5.74) is -1.10. The van der Waals surface area contributed by atoms with E-state index in [1.54, 1.807) is 0 Å². The lowest BCUT2D eigenvalue weighted by atomic mass is 10.1. The van der Waals surface area contributed by atoms with Crippen LogP contribution in [0.1, 0.15) is 34.6 Å². The first-order chi connectivity index (χ1) is 7.43. The smallest absolute Gasteiger partial charge is 0.339 e. The molecule has 6 nitrogen and oxygen atoms in total. The lowest BCUT2D eigenvalue weighted by molar-refractivity contribution is 0.0675. The zero-order chi connectivity index (χ0) is 12.9. The van der Waals surface area contributed by atoms with Crippen LogP contribution in [0, 0.1) is 0 Å². The number of carbonyl (C=O) groups is 2. The zero-order valence-electron chi connectivity index (χ0n) is 8.76. The molecule has 0 aliphatic heterocycles. The van der Waals surface area contributed by atoms with E-state index in [2.05, 4.69) is 0 Å². The molecule has 0 saturated heterocycles. The van der Waals surface area contributed by atoms with E-state index in [-0.39, 0.29) is 0 Å². The van der Waals surface area contributed by atoms with Gasteiger partial charge in [-0.3, -0.25) is 0 Å². The molecule has 0 saturated carbocycles. The van der Waals surface area contributed by atoms with Crippen LogP contribution in [0.4, 0.5) is 0 Å². The molecule has 0 atom stereocenters. The van der Waals surface area contributed by atoms with Crippen LogP contribution >= 0.6 is 0 Å². The second kappa shape index (κ2) is 5.59. The number of carboxylic acid groups (broad SMARTS) is 2. The molecule has 88 valence electrons. The van der Waals surface area contributed by atoms with Gasteiger partial charge in [-0.15, -0.1) is 0 Å². The average Bonchev–Trinajstić information content (AvgIpc) is 2.23. The molecular formula is C10H12O6. The summed E-state index contributed by atoms with van der Waals surface area (Å²) in [6, 6.07) is 1.36. The van der Waals surface area contributed by atoms with Crippen LogP contribution in [-0.2, 0) is 0 Å². The number of aromatic carboxylic acids is 2. The normalized spacial score (nSPS) is 8.88. The number of carboxylic acids is 2. The molecule has 1 aromatic carbocycles. The lowest BCUT2D eigenvalue weighted by Crippen LogP contribution is -2.01. The topological polar surface area (TPSA) is 115 Å². The molecule has 0 spiro atoms. The molecule has 0 radical (unpaired) electrons. The van der Waals surface area contributed by atoms with E-state index in [9.17, 15) is 9.59 Å². The van der Waals surface area contributed by atoms with E-state index in [0.29, 0.717) is 12.1 Å². The second-order valence-corrected chi connectivity index (χ2v) is 2.50. The van der Waals surface area contributed by atoms with Gasteiger partial charge in [0.15, 0.2) is 0 Å². The van der Waals surface area contributed by atoms with Crippen molar-refractivity contribution in [1.29, 1.82) is 0 Å². The fraction of sp³-hybridized carbons (Fsp3) is 0.200. The van der Waals surface area contributed by atoms with Crippen molar-refractivity contribution in [3.8, 4) is 11.5 Å². The van der Waals surface area contributed by atoms with E-state index >= 15 is 0 Å². The maximum absolute atomic E-state index is 10.4. The van der Waals surface area contributed by atoms with Crippen molar-refractivity contribution < 1.29 is 30.0 Å². The lowest BCUT2D eigenvalue weighted by Gasteiger charge is -2.03. The van der Waals surface area contributed by atoms with Gasteiger partial charge in [-0.1, -0.05) is 13.8 Å². The molecule has 0 fully saturated rings. The summed E-state index contributed by atoms with van der Waals surface area (Å²) in [4.78, 5) is 20.9. The summed E-state index contributed by atoms with van der Waals surface area (Å²) in [5, 5.41) is 35.2. The third kappa shape index (κ3) is 2.88. The molecule has 0 aliphatic carbocycles. The van der Waals surface area contributed by atoms with Gasteiger partial charge in [0, 0.05) is 0 Å². The summed E-state index contributed by atoms with van der Waals surface area (Å²) < 4.78 is 0. The molecule has 0 aromatic heterocycles. The summed E-state index contributed by atoms with van der Waals surface area (Å²) in [7, 11) is 0. The molecule has 4 N–H and O–H groups in total. The number of benzene rings is 1. The van der Waals surface area contributed by atoms with E-state index in [0.717, 1.165) is 0 Å². The molecular weight excluding hydrogens is 216 g/mol. The van der Waals surface area contributed by atoms with Crippen LogP contribution in [-0.4, -0.2) is 32.4 Å². The monoisotopic (exact) mass is 228 g/mol. The Labute approximate surface area is 91.4 Å². The van der Waals surface area contributed by atoms with Crippen LogP contribution in [0.5, 0.6) is 11.5 Å². The molecule has 0 aliphatic rings. The Bertz CT molecular complexity index is 370. The predicted molar refractivity (Wildman–Crippen MR) is 55.0 cm³/mol. The van der Waals surface area contributed by atoms with Crippen molar-refractivity contribution in [3.05, 3.63) is 23.3 Å². The average molecular weight is 228 g/mol. The molecule has 6 heteroatoms. The Morgan fingerprint density at radius 2 is 1.12 bits per heavy atom. The van der Waals surface area contributed by atoms with Crippen molar-refractivity contribution in [3.63, 3.8) is 0 Å². The third-order valence-electron chi connectivity index (χ3n) is 1.57. The van der Waals surface area contributed by atoms with E-state index < -0.39 is 34.6 Å². The van der Waals surface area contributed by atoms with Gasteiger partial charge in [-0.25, -0.2) is 9.59 Å². The van der Waals surface area contributed by atoms with Gasteiger partial charge >= 0.3 is 11.9 Å². The van der Waals surface area contributed by atoms with Crippen LogP contribution in [0.3, 0.4) is 0 Å². The van der Waals surface area contributed by atoms with Crippen LogP contribution in [0.15, 0.2) is 12.1 Å². The minimum Gasteiger partial charge on any atom is -0.507 e. The highest BCUT2D eigenvalue weighted by Crippen LogP contribution is 2.27. The predicted octanol–water partition coefficient (Wildman–Crippen LogP) is 1.52. The molecule has 0 heterocycles. The van der Waals surface area contributed by atoms with E-state index in [1.807, 2.05) is 13.8 Å². The number of hydrogen-bond donors (Lipinski definition) is 4. The zero-order valence-corrected chi connectivity index (χ0v) is 8.76. The first-order valence-electron chi connectivity index (χ1n) is 4.46. The minimum atomic E-state index is -1.45. The van der Waals surface area contributed by atoms with Crippen LogP contribution in [0.2, 0.25) is 0 Å². The van der Waals surface area contributed by atoms with Crippen molar-refractivity contribution in [1.82, 2.24) is 0 Å². The van der Waals surface area contributed by atoms with Crippen molar-refractivity contribution in [2.75, 3.05) is 0 Å². The van der Waals surface area contributed by atoms with Gasteiger partial charge in [-0.05, 0) is 12.1 Å². The Hall–Kier alpha value is -2.24. The fourth-order valence-electron chi connectivity index (χ4n) is 0.919. The molecule has 0 unspecified atom stereocenters. The number of rotatable bonds is 2. The third-order valence-corrected chi connectivity index (χ3v) is 1.57. The quantitative estimate of drug-likeness (QED) is 0.570. The number of hydrogen-bond acceptors (Lipinski definition) is 4. The summed E-state index contributed by atoms with van der Waals surface area (Å²) in [6.45, 7) is 4.00. The highest BCUT2D eigenvalue weighted by atomic mass is 16.4. The molecule has 0 bridgehead atoms. The Kier molecular flexibility index (Phi) is 4.81. The van der Waals surface area contributed by atoms with Crippen molar-refractivity contribution in [2.45, 2.75) is 13.8 Å².